The fourth-order valence-corrected chi connectivity index (χ4v) is 5.00. The minimum atomic E-state index is -0.209. The summed E-state index contributed by atoms with van der Waals surface area (Å²) in [5.74, 6) is 0.287. The molecule has 3 aromatic rings. The molecule has 0 aromatic heterocycles. The number of ketones is 1. The van der Waals surface area contributed by atoms with E-state index in [4.69, 9.17) is 0 Å². The van der Waals surface area contributed by atoms with Gasteiger partial charge >= 0.3 is 0 Å². The molecule has 5 nitrogen and oxygen atoms in total. The second kappa shape index (κ2) is 13.0. The van der Waals surface area contributed by atoms with Gasteiger partial charge in [0.15, 0.2) is 5.78 Å². The first-order valence-electron chi connectivity index (χ1n) is 13.4. The summed E-state index contributed by atoms with van der Waals surface area (Å²) in [5.41, 5.74) is 3.89. The maximum Gasteiger partial charge on any atom is 0.228 e. The van der Waals surface area contributed by atoms with Crippen LogP contribution in [0.2, 0.25) is 0 Å². The van der Waals surface area contributed by atoms with Crippen LogP contribution in [0.25, 0.3) is 0 Å². The van der Waals surface area contributed by atoms with E-state index >= 15 is 0 Å². The zero-order valence-corrected chi connectivity index (χ0v) is 21.6. The Labute approximate surface area is 219 Å². The van der Waals surface area contributed by atoms with E-state index in [0.29, 0.717) is 28.9 Å². The summed E-state index contributed by atoms with van der Waals surface area (Å²) >= 11 is 0. The summed E-state index contributed by atoms with van der Waals surface area (Å²) < 4.78 is 0. The van der Waals surface area contributed by atoms with E-state index in [2.05, 4.69) is 10.6 Å². The lowest BCUT2D eigenvalue weighted by Crippen LogP contribution is -2.18. The molecule has 4 rings (SSSR count). The van der Waals surface area contributed by atoms with Crippen molar-refractivity contribution < 1.29 is 14.4 Å². The molecular formula is C32H36N2O3. The van der Waals surface area contributed by atoms with Crippen molar-refractivity contribution in [1.29, 1.82) is 0 Å². The molecule has 0 unspecified atom stereocenters. The van der Waals surface area contributed by atoms with Gasteiger partial charge < -0.3 is 10.6 Å². The highest BCUT2D eigenvalue weighted by Gasteiger charge is 2.18. The molecule has 0 aliphatic heterocycles. The summed E-state index contributed by atoms with van der Waals surface area (Å²) in [4.78, 5) is 38.8. The van der Waals surface area contributed by atoms with Crippen molar-refractivity contribution in [2.75, 3.05) is 10.6 Å². The molecule has 0 bridgehead atoms. The maximum atomic E-state index is 13.4. The highest BCUT2D eigenvalue weighted by atomic mass is 16.2. The van der Waals surface area contributed by atoms with Crippen molar-refractivity contribution in [2.24, 2.45) is 5.92 Å². The average Bonchev–Trinajstić information content (AvgIpc) is 2.91. The third kappa shape index (κ3) is 7.88. The lowest BCUT2D eigenvalue weighted by molar-refractivity contribution is -0.116. The number of amides is 2. The standard InChI is InChI=1S/C32H36N2O3/c1-23-15-17-25(18-16-23)21-31(36)34-29-20-19-27(22-28(29)32(37)26-12-6-3-7-13-26)33-30(35)14-8-11-24-9-4-2-5-10-24/h3,6-7,12-13,15-20,22,24H,2,4-5,8-11,14,21H2,1H3,(H,33,35)(H,34,36). The fourth-order valence-electron chi connectivity index (χ4n) is 5.00. The minimum Gasteiger partial charge on any atom is -0.326 e. The van der Waals surface area contributed by atoms with Gasteiger partial charge in [-0.05, 0) is 49.4 Å². The molecule has 0 spiro atoms. The van der Waals surface area contributed by atoms with Gasteiger partial charge in [0, 0.05) is 23.2 Å². The first kappa shape index (κ1) is 26.3. The van der Waals surface area contributed by atoms with Gasteiger partial charge in [0.25, 0.3) is 0 Å². The van der Waals surface area contributed by atoms with Crippen LogP contribution in [0.15, 0.2) is 72.8 Å². The summed E-state index contributed by atoms with van der Waals surface area (Å²) in [6.07, 6.45) is 9.16. The van der Waals surface area contributed by atoms with E-state index in [1.807, 2.05) is 37.3 Å². The van der Waals surface area contributed by atoms with Gasteiger partial charge in [-0.15, -0.1) is 0 Å². The Kier molecular flexibility index (Phi) is 9.25. The van der Waals surface area contributed by atoms with Crippen molar-refractivity contribution in [2.45, 2.75) is 64.7 Å². The Bertz CT molecular complexity index is 1210. The molecule has 0 saturated heterocycles. The fraction of sp³-hybridized carbons (Fsp3) is 0.344. The SMILES string of the molecule is Cc1ccc(CC(=O)Nc2ccc(NC(=O)CCCC3CCCCC3)cc2C(=O)c2ccccc2)cc1. The Morgan fingerprint density at radius 3 is 2.27 bits per heavy atom. The Morgan fingerprint density at radius 1 is 0.811 bits per heavy atom. The van der Waals surface area contributed by atoms with Gasteiger partial charge in [-0.2, -0.15) is 0 Å². The number of nitrogens with one attached hydrogen (secondary N) is 2. The summed E-state index contributed by atoms with van der Waals surface area (Å²) in [6, 6.07) is 21.9. The highest BCUT2D eigenvalue weighted by Crippen LogP contribution is 2.28. The minimum absolute atomic E-state index is 0.0509. The average molecular weight is 497 g/mol. The topological polar surface area (TPSA) is 75.3 Å². The van der Waals surface area contributed by atoms with E-state index < -0.39 is 0 Å². The zero-order chi connectivity index (χ0) is 26.0. The zero-order valence-electron chi connectivity index (χ0n) is 21.6. The van der Waals surface area contributed by atoms with Crippen LogP contribution in [0.5, 0.6) is 0 Å². The van der Waals surface area contributed by atoms with Crippen LogP contribution >= 0.6 is 0 Å². The monoisotopic (exact) mass is 496 g/mol. The molecule has 37 heavy (non-hydrogen) atoms. The number of benzene rings is 3. The predicted octanol–water partition coefficient (Wildman–Crippen LogP) is 7.10. The summed E-state index contributed by atoms with van der Waals surface area (Å²) in [5, 5.41) is 5.85. The molecule has 1 saturated carbocycles. The third-order valence-electron chi connectivity index (χ3n) is 7.08. The largest absolute Gasteiger partial charge is 0.326 e. The smallest absolute Gasteiger partial charge is 0.228 e. The van der Waals surface area contributed by atoms with Crippen molar-refractivity contribution in [3.05, 3.63) is 95.1 Å². The van der Waals surface area contributed by atoms with E-state index in [-0.39, 0.29) is 24.0 Å². The van der Waals surface area contributed by atoms with Crippen LogP contribution in [0.1, 0.15) is 78.4 Å². The first-order chi connectivity index (χ1) is 18.0. The lowest BCUT2D eigenvalue weighted by Gasteiger charge is -2.21. The van der Waals surface area contributed by atoms with Crippen molar-refractivity contribution >= 4 is 29.0 Å². The lowest BCUT2D eigenvalue weighted by atomic mass is 9.86. The number of rotatable bonds is 10. The quantitative estimate of drug-likeness (QED) is 0.294. The highest BCUT2D eigenvalue weighted by molar-refractivity contribution is 6.14. The maximum absolute atomic E-state index is 13.4. The summed E-state index contributed by atoms with van der Waals surface area (Å²) in [7, 11) is 0. The third-order valence-corrected chi connectivity index (χ3v) is 7.08. The van der Waals surface area contributed by atoms with Crippen LogP contribution in [0.4, 0.5) is 11.4 Å². The molecule has 3 aromatic carbocycles. The number of hydrogen-bond donors (Lipinski definition) is 2. The van der Waals surface area contributed by atoms with Crippen molar-refractivity contribution in [3.8, 4) is 0 Å². The first-order valence-corrected chi connectivity index (χ1v) is 13.4. The van der Waals surface area contributed by atoms with Crippen LogP contribution in [-0.4, -0.2) is 17.6 Å². The molecule has 5 heteroatoms. The molecule has 2 N–H and O–H groups in total. The van der Waals surface area contributed by atoms with Gasteiger partial charge in [0.1, 0.15) is 0 Å². The Balaban J connectivity index is 1.45. The second-order valence-corrected chi connectivity index (χ2v) is 10.1. The number of aryl methyl sites for hydroxylation is 1. The van der Waals surface area contributed by atoms with Gasteiger partial charge in [-0.25, -0.2) is 0 Å². The molecule has 2 amide bonds. The molecule has 0 heterocycles. The molecule has 1 fully saturated rings. The van der Waals surface area contributed by atoms with E-state index in [1.54, 1.807) is 42.5 Å². The van der Waals surface area contributed by atoms with E-state index in [9.17, 15) is 14.4 Å². The van der Waals surface area contributed by atoms with Gasteiger partial charge in [-0.3, -0.25) is 14.4 Å². The predicted molar refractivity (Wildman–Crippen MR) is 149 cm³/mol. The van der Waals surface area contributed by atoms with Gasteiger partial charge in [-0.1, -0.05) is 92.3 Å². The molecule has 0 radical (unpaired) electrons. The molecule has 1 aliphatic carbocycles. The Morgan fingerprint density at radius 2 is 1.54 bits per heavy atom. The Hall–Kier alpha value is -3.73. The van der Waals surface area contributed by atoms with Crippen molar-refractivity contribution in [3.63, 3.8) is 0 Å². The molecule has 1 aliphatic rings. The van der Waals surface area contributed by atoms with E-state index in [0.717, 1.165) is 29.9 Å². The van der Waals surface area contributed by atoms with Gasteiger partial charge in [0.05, 0.1) is 12.1 Å². The van der Waals surface area contributed by atoms with E-state index in [1.165, 1.54) is 32.1 Å². The molecule has 192 valence electrons. The van der Waals surface area contributed by atoms with Crippen LogP contribution in [0, 0.1) is 12.8 Å². The number of carbonyl (C=O) groups is 3. The second-order valence-electron chi connectivity index (χ2n) is 10.1. The number of anilines is 2. The van der Waals surface area contributed by atoms with Crippen LogP contribution < -0.4 is 10.6 Å². The summed E-state index contributed by atoms with van der Waals surface area (Å²) in [6.45, 7) is 2.00. The van der Waals surface area contributed by atoms with Crippen LogP contribution in [0.3, 0.4) is 0 Å². The number of hydrogen-bond acceptors (Lipinski definition) is 3. The van der Waals surface area contributed by atoms with Crippen LogP contribution in [-0.2, 0) is 16.0 Å². The molecule has 0 atom stereocenters. The van der Waals surface area contributed by atoms with Crippen molar-refractivity contribution in [1.82, 2.24) is 0 Å². The number of carbonyl (C=O) groups excluding carboxylic acids is 3. The normalized spacial score (nSPS) is 13.6. The molecular weight excluding hydrogens is 460 g/mol. The van der Waals surface area contributed by atoms with Gasteiger partial charge in [0.2, 0.25) is 11.8 Å².